The van der Waals surface area contributed by atoms with Crippen LogP contribution in [-0.2, 0) is 19.2 Å². The molecule has 2 amide bonds. The molecule has 0 bridgehead atoms. The van der Waals surface area contributed by atoms with E-state index in [-0.39, 0.29) is 5.56 Å². The number of Topliss-reactive ketones (excluding diaryl/α,β-unsaturated/α-hetero) is 1. The van der Waals surface area contributed by atoms with Crippen molar-refractivity contribution in [1.29, 1.82) is 0 Å². The van der Waals surface area contributed by atoms with E-state index < -0.39 is 60.7 Å². The quantitative estimate of drug-likeness (QED) is 0.204. The van der Waals surface area contributed by atoms with Crippen molar-refractivity contribution in [1.82, 2.24) is 10.6 Å². The molecule has 0 aliphatic rings. The van der Waals surface area contributed by atoms with Gasteiger partial charge in [0.05, 0.1) is 13.5 Å². The fourth-order valence-electron chi connectivity index (χ4n) is 4.08. The number of aliphatic hydroxyl groups excluding tert-OH is 1. The van der Waals surface area contributed by atoms with Crippen molar-refractivity contribution in [3.8, 4) is 11.5 Å². The van der Waals surface area contributed by atoms with Crippen LogP contribution in [0, 0.1) is 9.49 Å². The van der Waals surface area contributed by atoms with Gasteiger partial charge in [-0.25, -0.2) is 0 Å². The third-order valence-electron chi connectivity index (χ3n) is 6.19. The van der Waals surface area contributed by atoms with Crippen LogP contribution in [0.1, 0.15) is 31.9 Å². The maximum atomic E-state index is 13.2. The van der Waals surface area contributed by atoms with Crippen molar-refractivity contribution in [3.05, 3.63) is 69.8 Å². The second-order valence-corrected chi connectivity index (χ2v) is 10.7. The van der Waals surface area contributed by atoms with Gasteiger partial charge in [0.1, 0.15) is 30.2 Å². The molecule has 0 spiro atoms. The molecule has 0 saturated carbocycles. The van der Waals surface area contributed by atoms with Crippen molar-refractivity contribution in [2.45, 2.75) is 38.5 Å². The topological polar surface area (TPSA) is 151 Å². The molecule has 0 aliphatic carbocycles. The van der Waals surface area contributed by atoms with Crippen LogP contribution in [0.2, 0.25) is 0 Å². The smallest absolute Gasteiger partial charge is 0.305 e. The van der Waals surface area contributed by atoms with Crippen LogP contribution >= 0.6 is 22.6 Å². The first kappa shape index (κ1) is 30.8. The lowest BCUT2D eigenvalue weighted by Gasteiger charge is -2.26. The zero-order valence-corrected chi connectivity index (χ0v) is 24.4. The highest BCUT2D eigenvalue weighted by atomic mass is 127. The first-order valence-corrected chi connectivity index (χ1v) is 13.6. The SMILES string of the molecule is COc1ccc(I)cc1C(O)C(=O)N[C@H](C(=O)NC(CC(=O)O)C(=O)COc1cccc2ccccc12)C(C)C. The number of carbonyl (C=O) groups is 4. The van der Waals surface area contributed by atoms with Gasteiger partial charge in [0, 0.05) is 14.5 Å². The molecule has 0 saturated heterocycles. The molecule has 0 aromatic heterocycles. The minimum absolute atomic E-state index is 0.222. The summed E-state index contributed by atoms with van der Waals surface area (Å²) in [4.78, 5) is 50.6. The third-order valence-corrected chi connectivity index (χ3v) is 6.86. The van der Waals surface area contributed by atoms with Gasteiger partial charge < -0.3 is 30.3 Å². The Labute approximate surface area is 245 Å². The summed E-state index contributed by atoms with van der Waals surface area (Å²) >= 11 is 2.03. The number of fused-ring (bicyclic) bond motifs is 1. The molecule has 4 N–H and O–H groups in total. The molecule has 2 unspecified atom stereocenters. The van der Waals surface area contributed by atoms with Crippen LogP contribution in [-0.4, -0.2) is 59.6 Å². The van der Waals surface area contributed by atoms with Gasteiger partial charge >= 0.3 is 5.97 Å². The highest BCUT2D eigenvalue weighted by Gasteiger charge is 2.32. The van der Waals surface area contributed by atoms with E-state index in [9.17, 15) is 29.4 Å². The number of carboxylic acids is 1. The fourth-order valence-corrected chi connectivity index (χ4v) is 4.60. The number of ketones is 1. The van der Waals surface area contributed by atoms with Gasteiger partial charge in [-0.05, 0) is 58.2 Å². The van der Waals surface area contributed by atoms with Crippen molar-refractivity contribution >= 4 is 56.9 Å². The maximum absolute atomic E-state index is 13.2. The number of hydrogen-bond acceptors (Lipinski definition) is 7. The second kappa shape index (κ2) is 14.1. The number of aliphatic carboxylic acids is 1. The molecular formula is C29H31IN2O8. The number of carbonyl (C=O) groups excluding carboxylic acids is 3. The number of halogens is 1. The molecule has 3 aromatic rings. The number of amides is 2. The molecule has 0 heterocycles. The van der Waals surface area contributed by atoms with Gasteiger partial charge in [-0.2, -0.15) is 0 Å². The van der Waals surface area contributed by atoms with E-state index in [1.54, 1.807) is 44.2 Å². The lowest BCUT2D eigenvalue weighted by atomic mass is 10.0. The zero-order valence-electron chi connectivity index (χ0n) is 22.2. The van der Waals surface area contributed by atoms with E-state index in [0.29, 0.717) is 11.5 Å². The molecule has 3 rings (SSSR count). The van der Waals surface area contributed by atoms with Crippen LogP contribution in [0.4, 0.5) is 0 Å². The summed E-state index contributed by atoms with van der Waals surface area (Å²) in [5.41, 5.74) is 0.222. The Bertz CT molecular complexity index is 1390. The van der Waals surface area contributed by atoms with Gasteiger partial charge in [0.15, 0.2) is 11.9 Å². The van der Waals surface area contributed by atoms with E-state index in [1.165, 1.54) is 7.11 Å². The summed E-state index contributed by atoms with van der Waals surface area (Å²) < 4.78 is 11.7. The summed E-state index contributed by atoms with van der Waals surface area (Å²) in [6, 6.07) is 15.2. The zero-order chi connectivity index (χ0) is 29.4. The first-order chi connectivity index (χ1) is 19.0. The number of ether oxygens (including phenoxy) is 2. The van der Waals surface area contributed by atoms with Gasteiger partial charge in [0.2, 0.25) is 5.91 Å². The normalized spacial score (nSPS) is 13.2. The van der Waals surface area contributed by atoms with Crippen molar-refractivity contribution in [2.24, 2.45) is 5.92 Å². The number of benzene rings is 3. The number of aliphatic hydroxyl groups is 1. The number of hydrogen-bond donors (Lipinski definition) is 4. The van der Waals surface area contributed by atoms with Crippen LogP contribution < -0.4 is 20.1 Å². The molecular weight excluding hydrogens is 631 g/mol. The predicted octanol–water partition coefficient (Wildman–Crippen LogP) is 3.23. The Morgan fingerprint density at radius 1 is 0.925 bits per heavy atom. The van der Waals surface area contributed by atoms with Crippen molar-refractivity contribution < 1.29 is 38.9 Å². The molecule has 3 aromatic carbocycles. The summed E-state index contributed by atoms with van der Waals surface area (Å²) in [7, 11) is 1.41. The molecule has 0 radical (unpaired) electrons. The van der Waals surface area contributed by atoms with Crippen LogP contribution in [0.25, 0.3) is 10.8 Å². The fraction of sp³-hybridized carbons (Fsp3) is 0.310. The summed E-state index contributed by atoms with van der Waals surface area (Å²) in [5.74, 6) is -3.28. The number of nitrogens with one attached hydrogen (secondary N) is 2. The van der Waals surface area contributed by atoms with E-state index in [0.717, 1.165) is 14.3 Å². The molecule has 11 heteroatoms. The molecule has 212 valence electrons. The molecule has 10 nitrogen and oxygen atoms in total. The third kappa shape index (κ3) is 7.92. The average molecular weight is 662 g/mol. The molecule has 3 atom stereocenters. The Morgan fingerprint density at radius 2 is 1.62 bits per heavy atom. The summed E-state index contributed by atoms with van der Waals surface area (Å²) in [6.07, 6.45) is -2.31. The van der Waals surface area contributed by atoms with Gasteiger partial charge in [-0.1, -0.05) is 50.2 Å². The standard InChI is InChI=1S/C29H31IN2O8/c1-16(2)26(32-29(38)27(36)20-13-18(30)11-12-23(20)39-3)28(37)31-21(14-25(34)35)22(33)15-40-24-10-6-8-17-7-4-5-9-19(17)24/h4-13,16,21,26-27,36H,14-15H2,1-3H3,(H,31,37)(H,32,38)(H,34,35)/t21?,26-,27?/m0/s1. The van der Waals surface area contributed by atoms with E-state index in [2.05, 4.69) is 10.6 Å². The van der Waals surface area contributed by atoms with E-state index in [4.69, 9.17) is 9.47 Å². The Morgan fingerprint density at radius 3 is 2.30 bits per heavy atom. The van der Waals surface area contributed by atoms with Crippen LogP contribution in [0.3, 0.4) is 0 Å². The monoisotopic (exact) mass is 662 g/mol. The summed E-state index contributed by atoms with van der Waals surface area (Å²) in [5, 5.41) is 26.7. The Balaban J connectivity index is 1.72. The van der Waals surface area contributed by atoms with E-state index in [1.807, 2.05) is 52.9 Å². The van der Waals surface area contributed by atoms with Crippen LogP contribution in [0.5, 0.6) is 11.5 Å². The molecule has 0 fully saturated rings. The molecule has 0 aliphatic heterocycles. The Hall–Kier alpha value is -3.71. The minimum atomic E-state index is -1.63. The summed E-state index contributed by atoms with van der Waals surface area (Å²) in [6.45, 7) is 2.86. The van der Waals surface area contributed by atoms with E-state index >= 15 is 0 Å². The largest absolute Gasteiger partial charge is 0.496 e. The highest BCUT2D eigenvalue weighted by Crippen LogP contribution is 2.28. The Kier molecular flexibility index (Phi) is 10.8. The number of methoxy groups -OCH3 is 1. The molecule has 40 heavy (non-hydrogen) atoms. The van der Waals surface area contributed by atoms with Crippen molar-refractivity contribution in [3.63, 3.8) is 0 Å². The van der Waals surface area contributed by atoms with Crippen LogP contribution in [0.15, 0.2) is 60.7 Å². The van der Waals surface area contributed by atoms with Gasteiger partial charge in [-0.15, -0.1) is 0 Å². The predicted molar refractivity (Wildman–Crippen MR) is 156 cm³/mol. The maximum Gasteiger partial charge on any atom is 0.305 e. The lowest BCUT2D eigenvalue weighted by Crippen LogP contribution is -2.55. The first-order valence-electron chi connectivity index (χ1n) is 12.5. The van der Waals surface area contributed by atoms with Gasteiger partial charge in [0.25, 0.3) is 5.91 Å². The lowest BCUT2D eigenvalue weighted by molar-refractivity contribution is -0.141. The highest BCUT2D eigenvalue weighted by molar-refractivity contribution is 14.1. The minimum Gasteiger partial charge on any atom is -0.496 e. The average Bonchev–Trinajstić information content (AvgIpc) is 2.93. The second-order valence-electron chi connectivity index (χ2n) is 9.41. The number of carboxylic acid groups (broad SMARTS) is 1. The van der Waals surface area contributed by atoms with Gasteiger partial charge in [-0.3, -0.25) is 19.2 Å². The van der Waals surface area contributed by atoms with Crippen molar-refractivity contribution in [2.75, 3.05) is 13.7 Å². The number of rotatable bonds is 13.